The van der Waals surface area contributed by atoms with E-state index in [1.54, 1.807) is 23.9 Å². The van der Waals surface area contributed by atoms with Crippen LogP contribution in [0.5, 0.6) is 0 Å². The van der Waals surface area contributed by atoms with Crippen molar-refractivity contribution in [2.75, 3.05) is 0 Å². The van der Waals surface area contributed by atoms with Crippen molar-refractivity contribution >= 4 is 17.5 Å². The number of thioether (sulfide) groups is 1. The van der Waals surface area contributed by atoms with Gasteiger partial charge in [-0.25, -0.2) is 4.39 Å². The molecule has 0 atom stereocenters. The fraction of sp³-hybridized carbons (Fsp3) is 0.500. The minimum atomic E-state index is -0.256. The third-order valence-electron chi connectivity index (χ3n) is 3.18. The molecule has 0 bridgehead atoms. The van der Waals surface area contributed by atoms with Crippen molar-refractivity contribution in [3.63, 3.8) is 0 Å². The Labute approximate surface area is 106 Å². The van der Waals surface area contributed by atoms with E-state index in [2.05, 4.69) is 0 Å². The molecule has 0 amide bonds. The highest BCUT2D eigenvalue weighted by Gasteiger charge is 2.19. The maximum Gasteiger partial charge on any atom is 0.161 e. The summed E-state index contributed by atoms with van der Waals surface area (Å²) in [4.78, 5) is 12.0. The molecule has 0 radical (unpaired) electrons. The SMILES string of the molecule is CC(=O)c1cccc(F)c1SC1CCCCC1. The number of ketones is 1. The molecule has 17 heavy (non-hydrogen) atoms. The number of carbonyl (C=O) groups excluding carboxylic acids is 1. The van der Waals surface area contributed by atoms with Gasteiger partial charge >= 0.3 is 0 Å². The zero-order chi connectivity index (χ0) is 12.3. The van der Waals surface area contributed by atoms with Crippen molar-refractivity contribution in [3.05, 3.63) is 29.6 Å². The number of Topliss-reactive ketones (excluding diaryl/α,β-unsaturated/α-hetero) is 1. The summed E-state index contributed by atoms with van der Waals surface area (Å²) in [6.07, 6.45) is 6.00. The van der Waals surface area contributed by atoms with E-state index in [0.29, 0.717) is 15.7 Å². The van der Waals surface area contributed by atoms with Gasteiger partial charge in [-0.15, -0.1) is 11.8 Å². The van der Waals surface area contributed by atoms with Crippen molar-refractivity contribution < 1.29 is 9.18 Å². The molecular weight excluding hydrogens is 235 g/mol. The molecule has 0 spiro atoms. The van der Waals surface area contributed by atoms with E-state index in [9.17, 15) is 9.18 Å². The monoisotopic (exact) mass is 252 g/mol. The van der Waals surface area contributed by atoms with Crippen LogP contribution in [0.4, 0.5) is 4.39 Å². The number of hydrogen-bond donors (Lipinski definition) is 0. The third-order valence-corrected chi connectivity index (χ3v) is 4.64. The van der Waals surface area contributed by atoms with E-state index in [1.165, 1.54) is 32.3 Å². The topological polar surface area (TPSA) is 17.1 Å². The summed E-state index contributed by atoms with van der Waals surface area (Å²) < 4.78 is 13.8. The van der Waals surface area contributed by atoms with Crippen LogP contribution in [0, 0.1) is 5.82 Å². The molecule has 0 aromatic heterocycles. The van der Waals surface area contributed by atoms with Gasteiger partial charge < -0.3 is 0 Å². The molecule has 2 rings (SSSR count). The molecule has 0 saturated heterocycles. The van der Waals surface area contributed by atoms with Gasteiger partial charge in [0.1, 0.15) is 5.82 Å². The molecule has 1 fully saturated rings. The number of halogens is 1. The van der Waals surface area contributed by atoms with Gasteiger partial charge in [0.2, 0.25) is 0 Å². The van der Waals surface area contributed by atoms with Gasteiger partial charge in [-0.1, -0.05) is 31.4 Å². The first-order chi connectivity index (χ1) is 8.18. The summed E-state index contributed by atoms with van der Waals surface area (Å²) in [7, 11) is 0. The molecule has 1 aromatic carbocycles. The molecule has 1 saturated carbocycles. The van der Waals surface area contributed by atoms with Gasteiger partial charge in [0.25, 0.3) is 0 Å². The van der Waals surface area contributed by atoms with Crippen LogP contribution in [-0.4, -0.2) is 11.0 Å². The zero-order valence-electron chi connectivity index (χ0n) is 10.0. The first-order valence-electron chi connectivity index (χ1n) is 6.14. The molecule has 0 aliphatic heterocycles. The Hall–Kier alpha value is -0.830. The van der Waals surface area contributed by atoms with Crippen LogP contribution < -0.4 is 0 Å². The van der Waals surface area contributed by atoms with E-state index >= 15 is 0 Å². The van der Waals surface area contributed by atoms with Crippen molar-refractivity contribution in [2.24, 2.45) is 0 Å². The second-order valence-electron chi connectivity index (χ2n) is 4.55. The Morgan fingerprint density at radius 2 is 2.00 bits per heavy atom. The van der Waals surface area contributed by atoms with Crippen molar-refractivity contribution in [2.45, 2.75) is 49.2 Å². The van der Waals surface area contributed by atoms with Crippen LogP contribution in [0.2, 0.25) is 0 Å². The second kappa shape index (κ2) is 5.67. The Morgan fingerprint density at radius 1 is 1.29 bits per heavy atom. The van der Waals surface area contributed by atoms with E-state index in [4.69, 9.17) is 0 Å². The minimum absolute atomic E-state index is 0.0530. The van der Waals surface area contributed by atoms with Crippen molar-refractivity contribution in [3.8, 4) is 0 Å². The number of carbonyl (C=O) groups is 1. The molecule has 92 valence electrons. The summed E-state index contributed by atoms with van der Waals surface area (Å²) in [6, 6.07) is 4.77. The smallest absolute Gasteiger partial charge is 0.161 e. The van der Waals surface area contributed by atoms with Crippen LogP contribution in [-0.2, 0) is 0 Å². The van der Waals surface area contributed by atoms with Gasteiger partial charge in [0, 0.05) is 10.8 Å². The molecular formula is C14H17FOS. The minimum Gasteiger partial charge on any atom is -0.294 e. The van der Waals surface area contributed by atoms with Crippen LogP contribution in [0.15, 0.2) is 23.1 Å². The molecule has 0 unspecified atom stereocenters. The lowest BCUT2D eigenvalue weighted by Crippen LogP contribution is -2.09. The Bertz CT molecular complexity index is 411. The predicted octanol–water partition coefficient (Wildman–Crippen LogP) is 4.45. The molecule has 0 heterocycles. The standard InChI is InChI=1S/C14H17FOS/c1-10(16)12-8-5-9-13(15)14(12)17-11-6-3-2-4-7-11/h5,8-9,11H,2-4,6-7H2,1H3. The highest BCUT2D eigenvalue weighted by Crippen LogP contribution is 2.36. The summed E-state index contributed by atoms with van der Waals surface area (Å²) in [5, 5.41) is 0.471. The van der Waals surface area contributed by atoms with E-state index in [1.807, 2.05) is 0 Å². The lowest BCUT2D eigenvalue weighted by atomic mass is 10.0. The van der Waals surface area contributed by atoms with Crippen LogP contribution in [0.3, 0.4) is 0 Å². The Kier molecular flexibility index (Phi) is 4.21. The molecule has 3 heteroatoms. The fourth-order valence-corrected chi connectivity index (χ4v) is 3.68. The zero-order valence-corrected chi connectivity index (χ0v) is 10.9. The molecule has 1 aliphatic rings. The van der Waals surface area contributed by atoms with Crippen molar-refractivity contribution in [1.29, 1.82) is 0 Å². The molecule has 1 aliphatic carbocycles. The van der Waals surface area contributed by atoms with Gasteiger partial charge in [-0.05, 0) is 25.8 Å². The Balaban J connectivity index is 2.21. The average molecular weight is 252 g/mol. The summed E-state index contributed by atoms with van der Waals surface area (Å²) in [5.41, 5.74) is 0.528. The number of rotatable bonds is 3. The predicted molar refractivity (Wildman–Crippen MR) is 69.1 cm³/mol. The summed E-state index contributed by atoms with van der Waals surface area (Å²) in [6.45, 7) is 1.50. The van der Waals surface area contributed by atoms with Crippen LogP contribution in [0.1, 0.15) is 49.4 Å². The molecule has 0 N–H and O–H groups in total. The third kappa shape index (κ3) is 3.09. The Morgan fingerprint density at radius 3 is 2.65 bits per heavy atom. The van der Waals surface area contributed by atoms with E-state index in [0.717, 1.165) is 12.8 Å². The summed E-state index contributed by atoms with van der Waals surface area (Å²) in [5.74, 6) is -0.309. The van der Waals surface area contributed by atoms with Gasteiger partial charge in [-0.3, -0.25) is 4.79 Å². The quantitative estimate of drug-likeness (QED) is 0.739. The maximum absolute atomic E-state index is 13.8. The lowest BCUT2D eigenvalue weighted by Gasteiger charge is -2.22. The van der Waals surface area contributed by atoms with Gasteiger partial charge in [0.15, 0.2) is 5.78 Å². The summed E-state index contributed by atoms with van der Waals surface area (Å²) >= 11 is 1.55. The fourth-order valence-electron chi connectivity index (χ4n) is 2.26. The van der Waals surface area contributed by atoms with Crippen LogP contribution in [0.25, 0.3) is 0 Å². The number of hydrogen-bond acceptors (Lipinski definition) is 2. The maximum atomic E-state index is 13.8. The highest BCUT2D eigenvalue weighted by atomic mass is 32.2. The van der Waals surface area contributed by atoms with E-state index < -0.39 is 0 Å². The largest absolute Gasteiger partial charge is 0.294 e. The van der Waals surface area contributed by atoms with Gasteiger partial charge in [-0.2, -0.15) is 0 Å². The van der Waals surface area contributed by atoms with E-state index in [-0.39, 0.29) is 11.6 Å². The van der Waals surface area contributed by atoms with Crippen molar-refractivity contribution in [1.82, 2.24) is 0 Å². The molecule has 1 aromatic rings. The first-order valence-corrected chi connectivity index (χ1v) is 7.02. The first kappa shape index (κ1) is 12.6. The van der Waals surface area contributed by atoms with Gasteiger partial charge in [0.05, 0.1) is 4.90 Å². The second-order valence-corrected chi connectivity index (χ2v) is 5.86. The average Bonchev–Trinajstić information content (AvgIpc) is 2.33. The molecule has 1 nitrogen and oxygen atoms in total. The van der Waals surface area contributed by atoms with Crippen LogP contribution >= 0.6 is 11.8 Å². The number of benzene rings is 1. The highest BCUT2D eigenvalue weighted by molar-refractivity contribution is 8.00. The normalized spacial score (nSPS) is 17.1. The lowest BCUT2D eigenvalue weighted by molar-refractivity contribution is 0.101.